The molecule has 0 unspecified atom stereocenters. The maximum absolute atomic E-state index is 12.9. The predicted octanol–water partition coefficient (Wildman–Crippen LogP) is 2.89. The Labute approximate surface area is 155 Å². The second kappa shape index (κ2) is 7.03. The maximum atomic E-state index is 12.9. The van der Waals surface area contributed by atoms with Gasteiger partial charge in [-0.1, -0.05) is 0 Å². The standard InChI is InChI=1S/C18H20N4O3S/c23-18(15-12-26-16-4-2-1-3-14(15)16)21-9-7-20(8-10-21)17-6-5-13(11-19-17)22(24)25/h5-6,11-12H,1-4,7-10H2. The van der Waals surface area contributed by atoms with E-state index in [1.165, 1.54) is 35.5 Å². The normalized spacial score (nSPS) is 17.1. The Hall–Kier alpha value is -2.48. The lowest BCUT2D eigenvalue weighted by molar-refractivity contribution is -0.385. The number of hydrogen-bond donors (Lipinski definition) is 0. The molecule has 26 heavy (non-hydrogen) atoms. The van der Waals surface area contributed by atoms with Gasteiger partial charge < -0.3 is 9.80 Å². The van der Waals surface area contributed by atoms with Crippen LogP contribution in [0, 0.1) is 10.1 Å². The van der Waals surface area contributed by atoms with E-state index in [1.807, 2.05) is 10.3 Å². The number of aryl methyl sites for hydroxylation is 1. The summed E-state index contributed by atoms with van der Waals surface area (Å²) in [5, 5.41) is 12.8. The summed E-state index contributed by atoms with van der Waals surface area (Å²) in [5.41, 5.74) is 2.15. The minimum absolute atomic E-state index is 0.00945. The van der Waals surface area contributed by atoms with Gasteiger partial charge in [-0.15, -0.1) is 11.3 Å². The third-order valence-electron chi connectivity index (χ3n) is 5.13. The zero-order chi connectivity index (χ0) is 18.1. The van der Waals surface area contributed by atoms with Crippen molar-refractivity contribution in [2.45, 2.75) is 25.7 Å². The number of pyridine rings is 1. The van der Waals surface area contributed by atoms with Crippen LogP contribution in [-0.2, 0) is 12.8 Å². The molecule has 1 fully saturated rings. The minimum Gasteiger partial charge on any atom is -0.353 e. The molecule has 0 aromatic carbocycles. The summed E-state index contributed by atoms with van der Waals surface area (Å²) in [6.45, 7) is 2.65. The molecule has 2 aliphatic rings. The molecule has 1 amide bonds. The summed E-state index contributed by atoms with van der Waals surface area (Å²) in [7, 11) is 0. The number of anilines is 1. The lowest BCUT2D eigenvalue weighted by Gasteiger charge is -2.35. The number of nitro groups is 1. The number of aromatic nitrogens is 1. The monoisotopic (exact) mass is 372 g/mol. The number of amides is 1. The third kappa shape index (κ3) is 3.16. The van der Waals surface area contributed by atoms with Crippen LogP contribution >= 0.6 is 11.3 Å². The molecule has 1 aliphatic heterocycles. The summed E-state index contributed by atoms with van der Waals surface area (Å²) >= 11 is 1.72. The number of carbonyl (C=O) groups is 1. The molecule has 3 heterocycles. The Morgan fingerprint density at radius 3 is 2.62 bits per heavy atom. The molecule has 0 atom stereocenters. The van der Waals surface area contributed by atoms with Crippen molar-refractivity contribution in [1.82, 2.24) is 9.88 Å². The number of piperazine rings is 1. The summed E-state index contributed by atoms with van der Waals surface area (Å²) in [5.74, 6) is 0.858. The van der Waals surface area contributed by atoms with Gasteiger partial charge in [0, 0.05) is 42.5 Å². The number of nitrogens with zero attached hydrogens (tertiary/aromatic N) is 4. The van der Waals surface area contributed by atoms with E-state index >= 15 is 0 Å². The second-order valence-electron chi connectivity index (χ2n) is 6.67. The Balaban J connectivity index is 1.41. The summed E-state index contributed by atoms with van der Waals surface area (Å²) < 4.78 is 0. The summed E-state index contributed by atoms with van der Waals surface area (Å²) in [6, 6.07) is 3.14. The zero-order valence-electron chi connectivity index (χ0n) is 14.4. The van der Waals surface area contributed by atoms with Crippen molar-refractivity contribution in [2.75, 3.05) is 31.1 Å². The highest BCUT2D eigenvalue weighted by Crippen LogP contribution is 2.31. The van der Waals surface area contributed by atoms with Gasteiger partial charge in [0.2, 0.25) is 0 Å². The van der Waals surface area contributed by atoms with Crippen LogP contribution in [0.1, 0.15) is 33.6 Å². The molecule has 0 bridgehead atoms. The van der Waals surface area contributed by atoms with Crippen LogP contribution in [0.15, 0.2) is 23.7 Å². The Morgan fingerprint density at radius 2 is 1.92 bits per heavy atom. The van der Waals surface area contributed by atoms with Crippen molar-refractivity contribution in [3.05, 3.63) is 49.8 Å². The fourth-order valence-electron chi connectivity index (χ4n) is 3.66. The van der Waals surface area contributed by atoms with Gasteiger partial charge in [-0.2, -0.15) is 0 Å². The number of fused-ring (bicyclic) bond motifs is 1. The minimum atomic E-state index is -0.449. The van der Waals surface area contributed by atoms with Crippen molar-refractivity contribution in [1.29, 1.82) is 0 Å². The van der Waals surface area contributed by atoms with Crippen molar-refractivity contribution in [3.8, 4) is 0 Å². The Kier molecular flexibility index (Phi) is 4.58. The smallest absolute Gasteiger partial charge is 0.287 e. The largest absolute Gasteiger partial charge is 0.353 e. The van der Waals surface area contributed by atoms with Crippen LogP contribution in [0.4, 0.5) is 11.5 Å². The Morgan fingerprint density at radius 1 is 1.15 bits per heavy atom. The average Bonchev–Trinajstić information content (AvgIpc) is 3.12. The first kappa shape index (κ1) is 17.0. The highest BCUT2D eigenvalue weighted by atomic mass is 32.1. The highest BCUT2D eigenvalue weighted by molar-refractivity contribution is 7.10. The summed E-state index contributed by atoms with van der Waals surface area (Å²) in [6.07, 6.45) is 5.80. The van der Waals surface area contributed by atoms with Gasteiger partial charge in [0.15, 0.2) is 0 Å². The zero-order valence-corrected chi connectivity index (χ0v) is 15.2. The van der Waals surface area contributed by atoms with Crippen LogP contribution in [-0.4, -0.2) is 46.9 Å². The van der Waals surface area contributed by atoms with E-state index in [0.29, 0.717) is 26.2 Å². The van der Waals surface area contributed by atoms with E-state index in [9.17, 15) is 14.9 Å². The van der Waals surface area contributed by atoms with E-state index in [1.54, 1.807) is 17.4 Å². The van der Waals surface area contributed by atoms with Gasteiger partial charge in [-0.05, 0) is 37.3 Å². The van der Waals surface area contributed by atoms with Crippen LogP contribution in [0.5, 0.6) is 0 Å². The van der Waals surface area contributed by atoms with E-state index in [2.05, 4.69) is 9.88 Å². The molecule has 4 rings (SSSR count). The van der Waals surface area contributed by atoms with Crippen molar-refractivity contribution < 1.29 is 9.72 Å². The number of thiophene rings is 1. The molecular formula is C18H20N4O3S. The second-order valence-corrected chi connectivity index (χ2v) is 7.63. The molecule has 1 aliphatic carbocycles. The van der Waals surface area contributed by atoms with Crippen LogP contribution in [0.2, 0.25) is 0 Å². The van der Waals surface area contributed by atoms with Gasteiger partial charge >= 0.3 is 0 Å². The predicted molar refractivity (Wildman–Crippen MR) is 100.0 cm³/mol. The molecule has 7 nitrogen and oxygen atoms in total. The van der Waals surface area contributed by atoms with Crippen LogP contribution < -0.4 is 4.90 Å². The van der Waals surface area contributed by atoms with Crippen molar-refractivity contribution >= 4 is 28.7 Å². The van der Waals surface area contributed by atoms with Crippen molar-refractivity contribution in [3.63, 3.8) is 0 Å². The topological polar surface area (TPSA) is 79.6 Å². The van der Waals surface area contributed by atoms with Gasteiger partial charge in [0.1, 0.15) is 12.0 Å². The quantitative estimate of drug-likeness (QED) is 0.611. The van der Waals surface area contributed by atoms with E-state index in [0.717, 1.165) is 24.2 Å². The van der Waals surface area contributed by atoms with E-state index in [4.69, 9.17) is 0 Å². The summed E-state index contributed by atoms with van der Waals surface area (Å²) in [4.78, 5) is 32.7. The number of carbonyl (C=O) groups excluding carboxylic acids is 1. The van der Waals surface area contributed by atoms with E-state index in [-0.39, 0.29) is 11.6 Å². The molecule has 136 valence electrons. The first-order chi connectivity index (χ1) is 12.6. The SMILES string of the molecule is O=C(c1csc2c1CCCC2)N1CCN(c2ccc([N+](=O)[O-])cn2)CC1. The molecule has 0 saturated carbocycles. The molecule has 0 spiro atoms. The van der Waals surface area contributed by atoms with Gasteiger partial charge in [-0.25, -0.2) is 4.98 Å². The average molecular weight is 372 g/mol. The molecule has 1 saturated heterocycles. The van der Waals surface area contributed by atoms with Gasteiger partial charge in [-0.3, -0.25) is 14.9 Å². The van der Waals surface area contributed by atoms with Gasteiger partial charge in [0.25, 0.3) is 11.6 Å². The first-order valence-electron chi connectivity index (χ1n) is 8.87. The van der Waals surface area contributed by atoms with Crippen LogP contribution in [0.3, 0.4) is 0 Å². The maximum Gasteiger partial charge on any atom is 0.287 e. The molecule has 2 aromatic rings. The molecule has 8 heteroatoms. The van der Waals surface area contributed by atoms with Crippen molar-refractivity contribution in [2.24, 2.45) is 0 Å². The molecule has 0 N–H and O–H groups in total. The third-order valence-corrected chi connectivity index (χ3v) is 6.21. The van der Waals surface area contributed by atoms with Crippen LogP contribution in [0.25, 0.3) is 0 Å². The van der Waals surface area contributed by atoms with E-state index < -0.39 is 4.92 Å². The molecule has 0 radical (unpaired) electrons. The molecular weight excluding hydrogens is 352 g/mol. The Bertz CT molecular complexity index is 825. The number of hydrogen-bond acceptors (Lipinski definition) is 6. The molecule has 2 aromatic heterocycles. The fourth-order valence-corrected chi connectivity index (χ4v) is 4.78. The number of rotatable bonds is 3. The lowest BCUT2D eigenvalue weighted by Crippen LogP contribution is -2.49. The first-order valence-corrected chi connectivity index (χ1v) is 9.75. The fraction of sp³-hybridized carbons (Fsp3) is 0.444. The lowest BCUT2D eigenvalue weighted by atomic mass is 9.95. The highest BCUT2D eigenvalue weighted by Gasteiger charge is 2.27. The van der Waals surface area contributed by atoms with Gasteiger partial charge in [0.05, 0.1) is 10.5 Å².